The minimum absolute atomic E-state index is 0.00452. The number of allylic oxidation sites excluding steroid dienone is 6. The smallest absolute Gasteiger partial charge is 0.259 e. The van der Waals surface area contributed by atoms with E-state index in [-0.39, 0.29) is 5.91 Å². The molecule has 0 saturated carbocycles. The first-order chi connectivity index (χ1) is 14.2. The van der Waals surface area contributed by atoms with E-state index >= 15 is 0 Å². The topological polar surface area (TPSA) is 20.3 Å². The molecule has 0 atom stereocenters. The van der Waals surface area contributed by atoms with Gasteiger partial charge in [-0.2, -0.15) is 0 Å². The molecule has 0 radical (unpaired) electrons. The summed E-state index contributed by atoms with van der Waals surface area (Å²) in [6.45, 7) is 9.68. The maximum atomic E-state index is 13.7. The molecule has 1 aliphatic rings. The quantitative estimate of drug-likeness (QED) is 0.439. The Morgan fingerprint density at radius 3 is 1.86 bits per heavy atom. The molecule has 146 valence electrons. The van der Waals surface area contributed by atoms with Crippen LogP contribution in [0.25, 0.3) is 0 Å². The van der Waals surface area contributed by atoms with E-state index in [0.717, 1.165) is 28.0 Å². The number of hydrogen-bond acceptors (Lipinski definition) is 1. The SMILES string of the molecule is C=C/C=C\C(=C/C)N1C(=O)C(=C/C)/C(=C\C)C1(c1ccccc1)c1ccccc1. The average molecular weight is 382 g/mol. The van der Waals surface area contributed by atoms with Crippen LogP contribution < -0.4 is 0 Å². The van der Waals surface area contributed by atoms with Gasteiger partial charge in [-0.25, -0.2) is 0 Å². The van der Waals surface area contributed by atoms with Crippen LogP contribution in [0, 0.1) is 0 Å². The highest BCUT2D eigenvalue weighted by molar-refractivity contribution is 6.05. The second-order valence-corrected chi connectivity index (χ2v) is 6.80. The van der Waals surface area contributed by atoms with E-state index in [1.54, 1.807) is 6.08 Å². The van der Waals surface area contributed by atoms with Crippen molar-refractivity contribution in [3.8, 4) is 0 Å². The molecule has 2 heteroatoms. The van der Waals surface area contributed by atoms with E-state index in [4.69, 9.17) is 0 Å². The van der Waals surface area contributed by atoms with Gasteiger partial charge in [0.1, 0.15) is 5.54 Å². The lowest BCUT2D eigenvalue weighted by Gasteiger charge is -2.41. The van der Waals surface area contributed by atoms with Crippen molar-refractivity contribution in [2.24, 2.45) is 0 Å². The molecule has 0 aliphatic carbocycles. The van der Waals surface area contributed by atoms with Gasteiger partial charge in [-0.1, -0.05) is 97.6 Å². The molecule has 0 N–H and O–H groups in total. The molecule has 2 aromatic carbocycles. The van der Waals surface area contributed by atoms with Gasteiger partial charge in [-0.05, 0) is 43.5 Å². The Bertz CT molecular complexity index is 968. The molecule has 1 fully saturated rings. The molecule has 1 amide bonds. The van der Waals surface area contributed by atoms with Crippen LogP contribution in [0.5, 0.6) is 0 Å². The van der Waals surface area contributed by atoms with Crippen LogP contribution in [0.4, 0.5) is 0 Å². The Balaban J connectivity index is 2.48. The molecular formula is C27H27NO. The molecule has 1 aliphatic heterocycles. The summed E-state index contributed by atoms with van der Waals surface area (Å²) in [7, 11) is 0. The largest absolute Gasteiger partial charge is 0.290 e. The van der Waals surface area contributed by atoms with Crippen LogP contribution >= 0.6 is 0 Å². The summed E-state index contributed by atoms with van der Waals surface area (Å²) in [4.78, 5) is 15.7. The van der Waals surface area contributed by atoms with Crippen LogP contribution in [0.15, 0.2) is 121 Å². The normalized spacial score (nSPS) is 19.5. The standard InChI is InChI=1S/C27H27NO/c1-5-9-20-23(6-2)28-26(29)24(7-3)25(8-4)27(28,21-16-12-10-13-17-21)22-18-14-11-15-19-22/h5-20H,1H2,2-4H3/b20-9-,23-6+,24-7+,25-8+. The van der Waals surface area contributed by atoms with Gasteiger partial charge in [0.2, 0.25) is 0 Å². The van der Waals surface area contributed by atoms with Crippen molar-refractivity contribution >= 4 is 5.91 Å². The lowest BCUT2D eigenvalue weighted by Crippen LogP contribution is -2.44. The van der Waals surface area contributed by atoms with E-state index < -0.39 is 5.54 Å². The van der Waals surface area contributed by atoms with Crippen molar-refractivity contribution in [2.45, 2.75) is 26.3 Å². The number of hydrogen-bond donors (Lipinski definition) is 0. The van der Waals surface area contributed by atoms with Gasteiger partial charge in [-0.3, -0.25) is 9.69 Å². The Morgan fingerprint density at radius 1 is 0.897 bits per heavy atom. The molecule has 2 aromatic rings. The van der Waals surface area contributed by atoms with E-state index in [0.29, 0.717) is 0 Å². The third-order valence-electron chi connectivity index (χ3n) is 5.37. The Kier molecular flexibility index (Phi) is 6.13. The molecule has 2 nitrogen and oxygen atoms in total. The number of likely N-dealkylation sites (tertiary alicyclic amines) is 1. The summed E-state index contributed by atoms with van der Waals surface area (Å²) >= 11 is 0. The zero-order valence-corrected chi connectivity index (χ0v) is 17.3. The van der Waals surface area contributed by atoms with Gasteiger partial charge in [0.15, 0.2) is 0 Å². The monoisotopic (exact) mass is 381 g/mol. The summed E-state index contributed by atoms with van der Waals surface area (Å²) in [5.74, 6) is -0.00452. The Labute approximate surface area is 173 Å². The highest BCUT2D eigenvalue weighted by Crippen LogP contribution is 2.52. The van der Waals surface area contributed by atoms with Crippen LogP contribution in [-0.4, -0.2) is 10.8 Å². The minimum Gasteiger partial charge on any atom is -0.290 e. The third kappa shape index (κ3) is 3.21. The van der Waals surface area contributed by atoms with Gasteiger partial charge in [-0.15, -0.1) is 0 Å². The first-order valence-electron chi connectivity index (χ1n) is 9.91. The molecule has 29 heavy (non-hydrogen) atoms. The van der Waals surface area contributed by atoms with Crippen LogP contribution in [-0.2, 0) is 10.3 Å². The van der Waals surface area contributed by atoms with Crippen LogP contribution in [0.1, 0.15) is 31.9 Å². The van der Waals surface area contributed by atoms with Gasteiger partial charge in [0.05, 0.1) is 0 Å². The average Bonchev–Trinajstić information content (AvgIpc) is 3.04. The fourth-order valence-corrected chi connectivity index (χ4v) is 4.22. The summed E-state index contributed by atoms with van der Waals surface area (Å²) in [6, 6.07) is 20.5. The van der Waals surface area contributed by atoms with Crippen molar-refractivity contribution in [2.75, 3.05) is 0 Å². The van der Waals surface area contributed by atoms with Gasteiger partial charge in [0, 0.05) is 11.3 Å². The van der Waals surface area contributed by atoms with Gasteiger partial charge >= 0.3 is 0 Å². The minimum atomic E-state index is -0.746. The first-order valence-corrected chi connectivity index (χ1v) is 9.91. The van der Waals surface area contributed by atoms with E-state index in [2.05, 4.69) is 36.9 Å². The molecule has 0 aromatic heterocycles. The van der Waals surface area contributed by atoms with Crippen LogP contribution in [0.3, 0.4) is 0 Å². The maximum Gasteiger partial charge on any atom is 0.259 e. The van der Waals surface area contributed by atoms with Crippen LogP contribution in [0.2, 0.25) is 0 Å². The number of carbonyl (C=O) groups is 1. The van der Waals surface area contributed by atoms with Crippen molar-refractivity contribution in [1.29, 1.82) is 0 Å². The maximum absolute atomic E-state index is 13.7. The Hall–Kier alpha value is -3.39. The summed E-state index contributed by atoms with van der Waals surface area (Å²) < 4.78 is 0. The second kappa shape index (κ2) is 8.74. The predicted octanol–water partition coefficient (Wildman–Crippen LogP) is 6.31. The third-order valence-corrected chi connectivity index (χ3v) is 5.37. The number of benzene rings is 2. The van der Waals surface area contributed by atoms with Gasteiger partial charge in [0.25, 0.3) is 5.91 Å². The van der Waals surface area contributed by atoms with E-state index in [1.807, 2.05) is 86.4 Å². The zero-order valence-electron chi connectivity index (χ0n) is 17.3. The van der Waals surface area contributed by atoms with Crippen molar-refractivity contribution in [3.05, 3.63) is 132 Å². The highest BCUT2D eigenvalue weighted by Gasteiger charge is 2.54. The fraction of sp³-hybridized carbons (Fsp3) is 0.148. The van der Waals surface area contributed by atoms with Crippen molar-refractivity contribution < 1.29 is 4.79 Å². The second-order valence-electron chi connectivity index (χ2n) is 6.80. The predicted molar refractivity (Wildman–Crippen MR) is 121 cm³/mol. The number of rotatable bonds is 5. The van der Waals surface area contributed by atoms with E-state index in [1.165, 1.54) is 0 Å². The molecule has 1 heterocycles. The number of amides is 1. The molecule has 3 rings (SSSR count). The summed E-state index contributed by atoms with van der Waals surface area (Å²) in [5, 5.41) is 0. The first kappa shape index (κ1) is 20.3. The Morgan fingerprint density at radius 2 is 1.45 bits per heavy atom. The molecule has 0 unspecified atom stereocenters. The fourth-order valence-electron chi connectivity index (χ4n) is 4.22. The zero-order chi connectivity index (χ0) is 20.9. The molecular weight excluding hydrogens is 354 g/mol. The van der Waals surface area contributed by atoms with Gasteiger partial charge < -0.3 is 0 Å². The lowest BCUT2D eigenvalue weighted by molar-refractivity contribution is -0.125. The van der Waals surface area contributed by atoms with E-state index in [9.17, 15) is 4.79 Å². The molecule has 1 saturated heterocycles. The summed E-state index contributed by atoms with van der Waals surface area (Å²) in [5.41, 5.74) is 3.91. The highest BCUT2D eigenvalue weighted by atomic mass is 16.2. The molecule has 0 spiro atoms. The van der Waals surface area contributed by atoms with Crippen molar-refractivity contribution in [3.63, 3.8) is 0 Å². The molecule has 0 bridgehead atoms. The number of nitrogens with zero attached hydrogens (tertiary/aromatic N) is 1. The van der Waals surface area contributed by atoms with Crippen molar-refractivity contribution in [1.82, 2.24) is 4.90 Å². The number of carbonyl (C=O) groups excluding carboxylic acids is 1. The summed E-state index contributed by atoms with van der Waals surface area (Å²) in [6.07, 6.45) is 11.5. The lowest BCUT2D eigenvalue weighted by atomic mass is 9.75.